The fourth-order valence-electron chi connectivity index (χ4n) is 3.64. The second kappa shape index (κ2) is 8.14. The van der Waals surface area contributed by atoms with Crippen LogP contribution in [0, 0.1) is 17.8 Å². The van der Waals surface area contributed by atoms with Gasteiger partial charge in [0.05, 0.1) is 18.1 Å². The molecular formula is C15H28N4O4. The lowest BCUT2D eigenvalue weighted by Crippen LogP contribution is -2.51. The van der Waals surface area contributed by atoms with Gasteiger partial charge in [0.1, 0.15) is 0 Å². The number of carboxylic acids is 1. The molecule has 1 fully saturated rings. The molecule has 1 rings (SSSR count). The first kappa shape index (κ1) is 19.2. The third-order valence-electron chi connectivity index (χ3n) is 4.72. The Morgan fingerprint density at radius 2 is 1.87 bits per heavy atom. The summed E-state index contributed by atoms with van der Waals surface area (Å²) in [4.78, 5) is 27.1. The Bertz CT molecular complexity index is 460. The van der Waals surface area contributed by atoms with Gasteiger partial charge in [0.25, 0.3) is 0 Å². The number of nitrogens with zero attached hydrogens (tertiary/aromatic N) is 1. The number of carbonyl (C=O) groups excluding carboxylic acids is 1. The molecule has 0 aliphatic heterocycles. The van der Waals surface area contributed by atoms with Crippen molar-refractivity contribution in [3.05, 3.63) is 0 Å². The van der Waals surface area contributed by atoms with E-state index in [2.05, 4.69) is 10.3 Å². The molecule has 7 N–H and O–H groups in total. The highest BCUT2D eigenvalue weighted by atomic mass is 16.4. The predicted octanol–water partition coefficient (Wildman–Crippen LogP) is -0.349. The largest absolute Gasteiger partial charge is 0.481 e. The summed E-state index contributed by atoms with van der Waals surface area (Å²) >= 11 is 0. The molecule has 8 heteroatoms. The number of hydrogen-bond acceptors (Lipinski definition) is 4. The number of aliphatic imine (C=N–C) groups is 1. The second-order valence-electron chi connectivity index (χ2n) is 6.17. The van der Waals surface area contributed by atoms with Crippen LogP contribution in [0.3, 0.4) is 0 Å². The minimum atomic E-state index is -1.11. The smallest absolute Gasteiger partial charge is 0.309 e. The van der Waals surface area contributed by atoms with E-state index in [-0.39, 0.29) is 30.2 Å². The quantitative estimate of drug-likeness (QED) is 0.318. The number of aliphatic hydroxyl groups is 1. The van der Waals surface area contributed by atoms with Crippen LogP contribution in [0.2, 0.25) is 0 Å². The standard InChI is InChI=1S/C15H28N4O4/c1-4-8(5-2)12(18-7(3)20)11-10(19-15(16)17)6-9(13(11)21)14(22)23/h8-13,21H,4-6H2,1-3H3,(H,18,20)(H,22,23)(H4,16,17,19)/t9-,10+,11-,12+,13-/m0/s1. The van der Waals surface area contributed by atoms with Crippen LogP contribution >= 0.6 is 0 Å². The monoisotopic (exact) mass is 328 g/mol. The first-order valence-corrected chi connectivity index (χ1v) is 7.99. The average Bonchev–Trinajstić information content (AvgIpc) is 2.74. The molecule has 0 radical (unpaired) electrons. The van der Waals surface area contributed by atoms with Crippen LogP contribution in [0.4, 0.5) is 0 Å². The Labute approximate surface area is 136 Å². The topological polar surface area (TPSA) is 151 Å². The van der Waals surface area contributed by atoms with Crippen molar-refractivity contribution in [1.82, 2.24) is 5.32 Å². The first-order valence-electron chi connectivity index (χ1n) is 7.99. The molecular weight excluding hydrogens is 300 g/mol. The van der Waals surface area contributed by atoms with Crippen molar-refractivity contribution >= 4 is 17.8 Å². The van der Waals surface area contributed by atoms with E-state index in [9.17, 15) is 19.8 Å². The van der Waals surface area contributed by atoms with Crippen molar-refractivity contribution in [2.24, 2.45) is 34.2 Å². The van der Waals surface area contributed by atoms with E-state index < -0.39 is 30.0 Å². The van der Waals surface area contributed by atoms with Crippen molar-refractivity contribution in [2.75, 3.05) is 0 Å². The molecule has 0 spiro atoms. The number of rotatable bonds is 7. The Balaban J connectivity index is 3.23. The normalized spacial score (nSPS) is 28.4. The molecule has 0 bridgehead atoms. The zero-order valence-corrected chi connectivity index (χ0v) is 13.9. The van der Waals surface area contributed by atoms with E-state index in [1.807, 2.05) is 13.8 Å². The summed E-state index contributed by atoms with van der Waals surface area (Å²) in [6, 6.07) is -0.913. The number of amides is 1. The molecule has 132 valence electrons. The molecule has 0 heterocycles. The summed E-state index contributed by atoms with van der Waals surface area (Å²) in [7, 11) is 0. The van der Waals surface area contributed by atoms with Gasteiger partial charge in [-0.3, -0.25) is 9.59 Å². The van der Waals surface area contributed by atoms with Crippen LogP contribution in [0.1, 0.15) is 40.0 Å². The first-order chi connectivity index (χ1) is 10.7. The predicted molar refractivity (Wildman–Crippen MR) is 86.5 cm³/mol. The number of aliphatic hydroxyl groups excluding tert-OH is 1. The van der Waals surface area contributed by atoms with E-state index in [1.54, 1.807) is 0 Å². The maximum absolute atomic E-state index is 11.6. The number of carboxylic acid groups (broad SMARTS) is 1. The summed E-state index contributed by atoms with van der Waals surface area (Å²) in [5, 5.41) is 22.7. The molecule has 0 unspecified atom stereocenters. The third-order valence-corrected chi connectivity index (χ3v) is 4.72. The lowest BCUT2D eigenvalue weighted by Gasteiger charge is -2.35. The summed E-state index contributed by atoms with van der Waals surface area (Å²) in [5.41, 5.74) is 10.9. The Hall–Kier alpha value is -1.83. The molecule has 5 atom stereocenters. The summed E-state index contributed by atoms with van der Waals surface area (Å²) in [6.07, 6.45) is 0.612. The molecule has 1 amide bonds. The highest BCUT2D eigenvalue weighted by Crippen LogP contribution is 2.39. The van der Waals surface area contributed by atoms with Crippen LogP contribution in [-0.4, -0.2) is 46.2 Å². The molecule has 1 aliphatic rings. The SMILES string of the molecule is CCC(CC)[C@@H](NC(C)=O)[C@H]1[C@@H](O)[C@@H](C(=O)O)C[C@H]1N=C(N)N. The Morgan fingerprint density at radius 1 is 1.30 bits per heavy atom. The zero-order chi connectivity index (χ0) is 17.7. The van der Waals surface area contributed by atoms with E-state index in [0.29, 0.717) is 0 Å². The molecule has 0 aromatic rings. The fourth-order valence-corrected chi connectivity index (χ4v) is 3.64. The molecule has 23 heavy (non-hydrogen) atoms. The minimum absolute atomic E-state index is 0.0998. The lowest BCUT2D eigenvalue weighted by molar-refractivity contribution is -0.145. The molecule has 1 aliphatic carbocycles. The summed E-state index contributed by atoms with van der Waals surface area (Å²) < 4.78 is 0. The summed E-state index contributed by atoms with van der Waals surface area (Å²) in [5.74, 6) is -2.84. The van der Waals surface area contributed by atoms with Gasteiger partial charge >= 0.3 is 5.97 Å². The van der Waals surface area contributed by atoms with Gasteiger partial charge in [-0.1, -0.05) is 26.7 Å². The van der Waals surface area contributed by atoms with E-state index >= 15 is 0 Å². The zero-order valence-electron chi connectivity index (χ0n) is 13.9. The second-order valence-corrected chi connectivity index (χ2v) is 6.17. The fraction of sp³-hybridized carbons (Fsp3) is 0.800. The van der Waals surface area contributed by atoms with Gasteiger partial charge < -0.3 is 27.0 Å². The van der Waals surface area contributed by atoms with Crippen molar-refractivity contribution in [3.8, 4) is 0 Å². The molecule has 0 saturated heterocycles. The Kier molecular flexibility index (Phi) is 6.80. The highest BCUT2D eigenvalue weighted by molar-refractivity contribution is 5.76. The van der Waals surface area contributed by atoms with E-state index in [0.717, 1.165) is 12.8 Å². The van der Waals surface area contributed by atoms with Crippen molar-refractivity contribution in [3.63, 3.8) is 0 Å². The molecule has 0 aromatic heterocycles. The van der Waals surface area contributed by atoms with Gasteiger partial charge in [0, 0.05) is 18.9 Å². The molecule has 8 nitrogen and oxygen atoms in total. The van der Waals surface area contributed by atoms with Gasteiger partial charge in [-0.2, -0.15) is 0 Å². The van der Waals surface area contributed by atoms with Gasteiger partial charge in [-0.25, -0.2) is 4.99 Å². The minimum Gasteiger partial charge on any atom is -0.481 e. The number of nitrogens with one attached hydrogen (secondary N) is 1. The van der Waals surface area contributed by atoms with E-state index in [1.165, 1.54) is 6.92 Å². The number of guanidine groups is 1. The average molecular weight is 328 g/mol. The van der Waals surface area contributed by atoms with Crippen LogP contribution < -0.4 is 16.8 Å². The number of hydrogen-bond donors (Lipinski definition) is 5. The van der Waals surface area contributed by atoms with Crippen LogP contribution in [0.5, 0.6) is 0 Å². The van der Waals surface area contributed by atoms with Gasteiger partial charge in [0.2, 0.25) is 5.91 Å². The van der Waals surface area contributed by atoms with E-state index in [4.69, 9.17) is 11.5 Å². The van der Waals surface area contributed by atoms with Gasteiger partial charge in [-0.15, -0.1) is 0 Å². The third kappa shape index (κ3) is 4.57. The van der Waals surface area contributed by atoms with Gasteiger partial charge in [0.15, 0.2) is 5.96 Å². The van der Waals surface area contributed by atoms with Crippen LogP contribution in [-0.2, 0) is 9.59 Å². The van der Waals surface area contributed by atoms with Crippen LogP contribution in [0.15, 0.2) is 4.99 Å². The van der Waals surface area contributed by atoms with Crippen LogP contribution in [0.25, 0.3) is 0 Å². The molecule has 1 saturated carbocycles. The molecule has 0 aromatic carbocycles. The summed E-state index contributed by atoms with van der Waals surface area (Å²) in [6.45, 7) is 5.39. The van der Waals surface area contributed by atoms with Crippen molar-refractivity contribution in [1.29, 1.82) is 0 Å². The lowest BCUT2D eigenvalue weighted by atomic mass is 9.80. The maximum Gasteiger partial charge on any atom is 0.309 e. The Morgan fingerprint density at radius 3 is 2.26 bits per heavy atom. The number of aliphatic carboxylic acids is 1. The maximum atomic E-state index is 11.6. The highest BCUT2D eigenvalue weighted by Gasteiger charge is 2.50. The number of nitrogens with two attached hydrogens (primary N) is 2. The van der Waals surface area contributed by atoms with Gasteiger partial charge in [-0.05, 0) is 12.3 Å². The van der Waals surface area contributed by atoms with Crippen molar-refractivity contribution in [2.45, 2.75) is 58.2 Å². The van der Waals surface area contributed by atoms with Crippen molar-refractivity contribution < 1.29 is 19.8 Å². The number of carbonyl (C=O) groups is 2.